The number of ether oxygens (including phenoxy) is 1. The van der Waals surface area contributed by atoms with Crippen LogP contribution in [0.3, 0.4) is 0 Å². The second-order valence-electron chi connectivity index (χ2n) is 8.17. The number of fused-ring (bicyclic) bond motifs is 2. The van der Waals surface area contributed by atoms with Crippen LogP contribution in [-0.2, 0) is 6.54 Å². The summed E-state index contributed by atoms with van der Waals surface area (Å²) in [5, 5.41) is 10.2. The Bertz CT molecular complexity index is 1450. The molecule has 1 aliphatic heterocycles. The number of para-hydroxylation sites is 2. The number of thiophene rings is 1. The third kappa shape index (κ3) is 4.36. The van der Waals surface area contributed by atoms with Gasteiger partial charge in [-0.15, -0.1) is 11.3 Å². The van der Waals surface area contributed by atoms with E-state index in [0.29, 0.717) is 29.1 Å². The van der Waals surface area contributed by atoms with E-state index in [1.165, 1.54) is 19.2 Å². The average Bonchev–Trinajstić information content (AvgIpc) is 3.23. The van der Waals surface area contributed by atoms with Crippen molar-refractivity contribution in [2.75, 3.05) is 22.6 Å². The molecule has 0 unspecified atom stereocenters. The highest BCUT2D eigenvalue weighted by atomic mass is 32.1. The van der Waals surface area contributed by atoms with E-state index >= 15 is 0 Å². The first kappa shape index (κ1) is 22.6. The molecule has 2 N–H and O–H groups in total. The first-order valence-corrected chi connectivity index (χ1v) is 11.9. The van der Waals surface area contributed by atoms with Gasteiger partial charge in [0.05, 0.1) is 36.3 Å². The Morgan fingerprint density at radius 3 is 2.69 bits per heavy atom. The second-order valence-corrected chi connectivity index (χ2v) is 8.92. The summed E-state index contributed by atoms with van der Waals surface area (Å²) < 4.78 is 19.2. The van der Waals surface area contributed by atoms with Gasteiger partial charge in [-0.05, 0) is 54.3 Å². The zero-order valence-electron chi connectivity index (χ0n) is 19.1. The number of hydrogen-bond acceptors (Lipinski definition) is 5. The van der Waals surface area contributed by atoms with Crippen LogP contribution in [0.2, 0.25) is 0 Å². The molecule has 176 valence electrons. The van der Waals surface area contributed by atoms with E-state index in [9.17, 15) is 14.0 Å². The van der Waals surface area contributed by atoms with Gasteiger partial charge in [0, 0.05) is 28.3 Å². The number of halogens is 1. The topological polar surface area (TPSA) is 70.7 Å². The Morgan fingerprint density at radius 2 is 1.86 bits per heavy atom. The highest BCUT2D eigenvalue weighted by Gasteiger charge is 2.27. The van der Waals surface area contributed by atoms with Crippen molar-refractivity contribution >= 4 is 45.9 Å². The van der Waals surface area contributed by atoms with Crippen molar-refractivity contribution in [2.45, 2.75) is 13.5 Å². The quantitative estimate of drug-likeness (QED) is 0.351. The van der Waals surface area contributed by atoms with Crippen LogP contribution in [0, 0.1) is 12.7 Å². The molecule has 2 heterocycles. The van der Waals surface area contributed by atoms with Crippen LogP contribution in [0.4, 0.5) is 27.1 Å². The number of carbonyl (C=O) groups is 2. The zero-order valence-corrected chi connectivity index (χ0v) is 19.9. The van der Waals surface area contributed by atoms with Crippen molar-refractivity contribution in [3.8, 4) is 5.75 Å². The maximum Gasteiger partial charge on any atom is 0.262 e. The molecule has 1 aliphatic rings. The number of nitrogens with one attached hydrogen (secondary N) is 2. The monoisotopic (exact) mass is 487 g/mol. The van der Waals surface area contributed by atoms with Gasteiger partial charge in [-0.1, -0.05) is 18.2 Å². The summed E-state index contributed by atoms with van der Waals surface area (Å²) in [6.07, 6.45) is 0. The van der Waals surface area contributed by atoms with Crippen molar-refractivity contribution in [2.24, 2.45) is 0 Å². The maximum absolute atomic E-state index is 13.8. The minimum Gasteiger partial charge on any atom is -0.496 e. The molecule has 0 radical (unpaired) electrons. The number of amides is 2. The van der Waals surface area contributed by atoms with Crippen molar-refractivity contribution < 1.29 is 18.7 Å². The lowest BCUT2D eigenvalue weighted by molar-refractivity contribution is 0.0981. The standard InChI is InChI=1S/C27H22FN3O3S/c1-16-7-8-18(28)11-21(16)26(32)29-19-9-10-20(25(12-19)34-2)27(33)31-13-17-14-35-15-23(17)30-22-5-3-4-6-24(22)31/h3-12,14-15,30H,13H2,1-2H3,(H,29,32). The fourth-order valence-electron chi connectivity index (χ4n) is 4.08. The Kier molecular flexibility index (Phi) is 5.96. The number of rotatable bonds is 4. The van der Waals surface area contributed by atoms with E-state index in [4.69, 9.17) is 4.74 Å². The molecule has 0 saturated carbocycles. The van der Waals surface area contributed by atoms with Crippen LogP contribution in [0.1, 0.15) is 31.8 Å². The normalized spacial score (nSPS) is 12.1. The van der Waals surface area contributed by atoms with E-state index < -0.39 is 11.7 Å². The van der Waals surface area contributed by atoms with Gasteiger partial charge in [-0.25, -0.2) is 4.39 Å². The Hall–Kier alpha value is -4.17. The van der Waals surface area contributed by atoms with E-state index in [0.717, 1.165) is 22.6 Å². The summed E-state index contributed by atoms with van der Waals surface area (Å²) >= 11 is 1.58. The molecule has 0 bridgehead atoms. The summed E-state index contributed by atoms with van der Waals surface area (Å²) in [4.78, 5) is 28.2. The van der Waals surface area contributed by atoms with Crippen molar-refractivity contribution in [1.29, 1.82) is 0 Å². The molecule has 0 atom stereocenters. The van der Waals surface area contributed by atoms with Crippen LogP contribution < -0.4 is 20.3 Å². The van der Waals surface area contributed by atoms with E-state index in [2.05, 4.69) is 10.6 Å². The van der Waals surface area contributed by atoms with Gasteiger partial charge < -0.3 is 20.3 Å². The number of anilines is 4. The fraction of sp³-hybridized carbons (Fsp3) is 0.111. The maximum atomic E-state index is 13.8. The molecule has 0 saturated heterocycles. The van der Waals surface area contributed by atoms with Crippen LogP contribution in [-0.4, -0.2) is 18.9 Å². The average molecular weight is 488 g/mol. The molecule has 35 heavy (non-hydrogen) atoms. The molecule has 2 amide bonds. The third-order valence-electron chi connectivity index (χ3n) is 5.91. The lowest BCUT2D eigenvalue weighted by Gasteiger charge is -2.24. The Labute approximate surface area is 206 Å². The van der Waals surface area contributed by atoms with Crippen molar-refractivity contribution in [1.82, 2.24) is 0 Å². The molecule has 4 aromatic rings. The zero-order chi connectivity index (χ0) is 24.5. The molecule has 0 aliphatic carbocycles. The number of carbonyl (C=O) groups excluding carboxylic acids is 2. The number of methoxy groups -OCH3 is 1. The predicted molar refractivity (Wildman–Crippen MR) is 137 cm³/mol. The largest absolute Gasteiger partial charge is 0.496 e. The summed E-state index contributed by atoms with van der Waals surface area (Å²) in [5.41, 5.74) is 5.30. The first-order chi connectivity index (χ1) is 16.9. The number of hydrogen-bond donors (Lipinski definition) is 2. The molecule has 5 rings (SSSR count). The SMILES string of the molecule is COc1cc(NC(=O)c2cc(F)ccc2C)ccc1C(=O)N1Cc2cscc2Nc2ccccc21. The van der Waals surface area contributed by atoms with Crippen LogP contribution >= 0.6 is 11.3 Å². The van der Waals surface area contributed by atoms with Crippen molar-refractivity contribution in [3.63, 3.8) is 0 Å². The Balaban J connectivity index is 1.46. The van der Waals surface area contributed by atoms with Gasteiger partial charge in [-0.2, -0.15) is 0 Å². The summed E-state index contributed by atoms with van der Waals surface area (Å²) in [5.74, 6) is -0.834. The smallest absolute Gasteiger partial charge is 0.262 e. The molecule has 0 spiro atoms. The summed E-state index contributed by atoms with van der Waals surface area (Å²) in [6.45, 7) is 2.14. The van der Waals surface area contributed by atoms with Crippen LogP contribution in [0.25, 0.3) is 0 Å². The Morgan fingerprint density at radius 1 is 1.03 bits per heavy atom. The molecule has 8 heteroatoms. The molecule has 6 nitrogen and oxygen atoms in total. The van der Waals surface area contributed by atoms with E-state index in [1.807, 2.05) is 35.0 Å². The van der Waals surface area contributed by atoms with E-state index in [1.54, 1.807) is 47.4 Å². The second kappa shape index (κ2) is 9.23. The van der Waals surface area contributed by atoms with Gasteiger partial charge in [0.25, 0.3) is 11.8 Å². The lowest BCUT2D eigenvalue weighted by atomic mass is 10.1. The van der Waals surface area contributed by atoms with Crippen LogP contribution in [0.5, 0.6) is 5.75 Å². The first-order valence-electron chi connectivity index (χ1n) is 10.9. The number of aryl methyl sites for hydroxylation is 1. The molecular weight excluding hydrogens is 465 g/mol. The van der Waals surface area contributed by atoms with Gasteiger partial charge in [0.2, 0.25) is 0 Å². The molecule has 1 aromatic heterocycles. The predicted octanol–water partition coefficient (Wildman–Crippen LogP) is 6.36. The van der Waals surface area contributed by atoms with Crippen LogP contribution in [0.15, 0.2) is 71.4 Å². The number of nitrogens with zero attached hydrogens (tertiary/aromatic N) is 1. The summed E-state index contributed by atoms with van der Waals surface area (Å²) in [6, 6.07) is 16.6. The highest BCUT2D eigenvalue weighted by Crippen LogP contribution is 2.38. The minimum atomic E-state index is -0.486. The van der Waals surface area contributed by atoms with Gasteiger partial charge in [0.15, 0.2) is 0 Å². The fourth-order valence-corrected chi connectivity index (χ4v) is 4.86. The van der Waals surface area contributed by atoms with Gasteiger partial charge in [0.1, 0.15) is 11.6 Å². The number of benzene rings is 3. The summed E-state index contributed by atoms with van der Waals surface area (Å²) in [7, 11) is 1.48. The van der Waals surface area contributed by atoms with Crippen molar-refractivity contribution in [3.05, 3.63) is 99.5 Å². The molecule has 3 aromatic carbocycles. The molecule has 0 fully saturated rings. The van der Waals surface area contributed by atoms with Gasteiger partial charge in [-0.3, -0.25) is 9.59 Å². The molecular formula is C27H22FN3O3S. The lowest BCUT2D eigenvalue weighted by Crippen LogP contribution is -2.30. The highest BCUT2D eigenvalue weighted by molar-refractivity contribution is 7.08. The van der Waals surface area contributed by atoms with Gasteiger partial charge >= 0.3 is 0 Å². The third-order valence-corrected chi connectivity index (χ3v) is 6.71. The van der Waals surface area contributed by atoms with E-state index in [-0.39, 0.29) is 11.5 Å². The minimum absolute atomic E-state index is 0.228.